The van der Waals surface area contributed by atoms with Crippen molar-refractivity contribution in [3.63, 3.8) is 0 Å². The lowest BCUT2D eigenvalue weighted by Gasteiger charge is -2.47. The first-order chi connectivity index (χ1) is 16.0. The average Bonchev–Trinajstić information content (AvgIpc) is 2.56. The van der Waals surface area contributed by atoms with Gasteiger partial charge in [0.2, 0.25) is 5.79 Å². The van der Waals surface area contributed by atoms with Gasteiger partial charge in [0, 0.05) is 0 Å². The summed E-state index contributed by atoms with van der Waals surface area (Å²) in [5.74, 6) is -4.15. The number of aliphatic hydroxyl groups excluding tert-OH is 5. The van der Waals surface area contributed by atoms with Gasteiger partial charge in [-0.1, -0.05) is 0 Å². The Hall–Kier alpha value is 0.620. The van der Waals surface area contributed by atoms with E-state index in [1.54, 1.807) is 0 Å². The third kappa shape index (κ3) is 10.5. The molecule has 0 heterocycles. The van der Waals surface area contributed by atoms with Crippen LogP contribution in [-0.4, -0.2) is 101 Å². The van der Waals surface area contributed by atoms with Crippen LogP contribution in [0.3, 0.4) is 0 Å². The van der Waals surface area contributed by atoms with Gasteiger partial charge in [0.05, 0.1) is 0 Å². The van der Waals surface area contributed by atoms with Crippen molar-refractivity contribution in [3.8, 4) is 0 Å². The van der Waals surface area contributed by atoms with E-state index in [9.17, 15) is 67.8 Å². The van der Waals surface area contributed by atoms with Crippen LogP contribution in [0.15, 0.2) is 0 Å². The van der Waals surface area contributed by atoms with Gasteiger partial charge in [-0.3, -0.25) is 0 Å². The summed E-state index contributed by atoms with van der Waals surface area (Å²) in [5, 5.41) is 58.6. The highest BCUT2D eigenvalue weighted by Gasteiger charge is 2.63. The number of rotatable bonds is 12. The fraction of sp³-hybridized carbons (Fsp3) is 1.00. The topological polar surface area (TPSA) is 421 Å². The highest BCUT2D eigenvalue weighted by atomic mass is 31.3. The van der Waals surface area contributed by atoms with Crippen molar-refractivity contribution in [2.45, 2.75) is 36.3 Å². The van der Waals surface area contributed by atoms with Crippen LogP contribution in [-0.2, 0) is 53.5 Å². The molecule has 0 aliphatic heterocycles. The molecule has 37 heavy (non-hydrogen) atoms. The molecule has 13 N–H and O–H groups in total. The van der Waals surface area contributed by atoms with Gasteiger partial charge in [-0.25, -0.2) is 31.9 Å². The fourth-order valence-electron chi connectivity index (χ4n) is 2.27. The van der Waals surface area contributed by atoms with Crippen molar-refractivity contribution in [3.05, 3.63) is 0 Å². The predicted molar refractivity (Wildman–Crippen MR) is 103 cm³/mol. The van der Waals surface area contributed by atoms with Crippen molar-refractivity contribution >= 4 is 46.9 Å². The molecule has 222 valence electrons. The van der Waals surface area contributed by atoms with E-state index in [1.165, 1.54) is 0 Å². The molecule has 1 aliphatic rings. The molecule has 31 heteroatoms. The maximum Gasteiger partial charge on any atom is 0.495 e. The number of phosphoric acid groups is 6. The third-order valence-electron chi connectivity index (χ3n) is 3.48. The lowest BCUT2D eigenvalue weighted by molar-refractivity contribution is -0.336. The molecule has 1 rings (SSSR count). The molecular weight excluding hydrogens is 658 g/mol. The van der Waals surface area contributed by atoms with E-state index in [4.69, 9.17) is 24.5 Å². The van der Waals surface area contributed by atoms with Crippen molar-refractivity contribution < 1.29 is 118 Å². The minimum Gasteiger partial charge on any atom is -0.387 e. The van der Waals surface area contributed by atoms with Gasteiger partial charge < -0.3 is 64.9 Å². The van der Waals surface area contributed by atoms with Crippen LogP contribution in [0.2, 0.25) is 0 Å². The van der Waals surface area contributed by atoms with Gasteiger partial charge in [0.1, 0.15) is 30.5 Å². The zero-order valence-corrected chi connectivity index (χ0v) is 22.1. The van der Waals surface area contributed by atoms with Crippen LogP contribution in [0.4, 0.5) is 0 Å². The summed E-state index contributed by atoms with van der Waals surface area (Å²) >= 11 is 0. The molecule has 1 aliphatic carbocycles. The van der Waals surface area contributed by atoms with E-state index in [-0.39, 0.29) is 0 Å². The van der Waals surface area contributed by atoms with Gasteiger partial charge in [-0.05, 0) is 0 Å². The van der Waals surface area contributed by atoms with E-state index < -0.39 is 83.2 Å². The van der Waals surface area contributed by atoms with Crippen molar-refractivity contribution in [2.24, 2.45) is 0 Å². The van der Waals surface area contributed by atoms with E-state index in [1.807, 2.05) is 0 Å². The van der Waals surface area contributed by atoms with E-state index >= 15 is 0 Å². The molecule has 0 aromatic heterocycles. The molecule has 0 aromatic carbocycles. The molecule has 25 nitrogen and oxygen atoms in total. The molecule has 0 aromatic rings. The molecule has 1 fully saturated rings. The standard InChI is InChI=1S/C6H18O25P6/c7-1-2(8)4(10)6(12,5(11)3(1)9)26-37(25,28-33(16,17)18)31-36(23,24)30-35(21,22)29-34(19,20)27-32(13,14)15/h1-5,7-12H,(H,19,20)(H,21,22)(H,23,24)(H2,13,14,15)(H2,16,17,18)/t1?,2-,3+,4-,5-,6?,37?/m1/s1. The molecule has 0 bridgehead atoms. The Morgan fingerprint density at radius 3 is 1.16 bits per heavy atom. The van der Waals surface area contributed by atoms with Gasteiger partial charge in [-0.2, -0.15) is 21.6 Å². The number of aliphatic hydroxyl groups is 6. The first-order valence-corrected chi connectivity index (χ1v) is 17.1. The van der Waals surface area contributed by atoms with Crippen LogP contribution in [0, 0.1) is 0 Å². The minimum atomic E-state index is -6.76. The maximum atomic E-state index is 12.6. The summed E-state index contributed by atoms with van der Waals surface area (Å²) in [7, 11) is -38.6. The highest BCUT2D eigenvalue weighted by molar-refractivity contribution is 7.72. The zero-order valence-electron chi connectivity index (χ0n) is 16.8. The lowest BCUT2D eigenvalue weighted by Crippen LogP contribution is -2.71. The van der Waals surface area contributed by atoms with Crippen LogP contribution >= 0.6 is 46.9 Å². The van der Waals surface area contributed by atoms with E-state index in [0.29, 0.717) is 0 Å². The monoisotopic (exact) mass is 676 g/mol. The van der Waals surface area contributed by atoms with Crippen molar-refractivity contribution in [1.29, 1.82) is 0 Å². The smallest absolute Gasteiger partial charge is 0.387 e. The van der Waals surface area contributed by atoms with Gasteiger partial charge >= 0.3 is 46.9 Å². The molecule has 0 amide bonds. The predicted octanol–water partition coefficient (Wildman–Crippen LogP) is -3.81. The highest BCUT2D eigenvalue weighted by Crippen LogP contribution is 2.76. The summed E-state index contributed by atoms with van der Waals surface area (Å²) < 4.78 is 89.8. The Balaban J connectivity index is 3.35. The molecule has 0 radical (unpaired) electrons. The van der Waals surface area contributed by atoms with Crippen molar-refractivity contribution in [2.75, 3.05) is 0 Å². The Morgan fingerprint density at radius 1 is 0.486 bits per heavy atom. The molecule has 1 saturated carbocycles. The van der Waals surface area contributed by atoms with Crippen molar-refractivity contribution in [1.82, 2.24) is 0 Å². The SMILES string of the molecule is O=P(O)(O)OP(=O)(O)OP(=O)(O)OP(=O)(O)OP(=O)(OC1(O)[C@H](O)[C@H](O)C(O)[C@H](O)[C@H]1O)OP(=O)(O)O. The Morgan fingerprint density at radius 2 is 0.811 bits per heavy atom. The number of hydrogen-bond donors (Lipinski definition) is 13. The van der Waals surface area contributed by atoms with Crippen LogP contribution in [0.25, 0.3) is 0 Å². The summed E-state index contributed by atoms with van der Waals surface area (Å²) in [4.78, 5) is 62.2. The summed E-state index contributed by atoms with van der Waals surface area (Å²) in [6, 6.07) is 0. The first-order valence-electron chi connectivity index (χ1n) is 8.13. The second-order valence-corrected chi connectivity index (χ2v) is 15.6. The Labute approximate surface area is 202 Å². The first kappa shape index (κ1) is 35.6. The van der Waals surface area contributed by atoms with E-state index in [0.717, 1.165) is 0 Å². The van der Waals surface area contributed by atoms with Crippen LogP contribution in [0.1, 0.15) is 0 Å². The Bertz CT molecular complexity index is 1100. The summed E-state index contributed by atoms with van der Waals surface area (Å²) in [6.45, 7) is 0. The molecule has 0 saturated heterocycles. The quantitative estimate of drug-likeness (QED) is 0.0695. The maximum absolute atomic E-state index is 12.6. The molecule has 6 unspecified atom stereocenters. The zero-order chi connectivity index (χ0) is 29.6. The van der Waals surface area contributed by atoms with Crippen LogP contribution < -0.4 is 0 Å². The Kier molecular flexibility index (Phi) is 11.1. The fourth-order valence-corrected chi connectivity index (χ4v) is 9.88. The lowest BCUT2D eigenvalue weighted by atomic mass is 9.82. The second-order valence-electron chi connectivity index (χ2n) is 6.45. The normalized spacial score (nSPS) is 36.1. The minimum absolute atomic E-state index is 2.47. The van der Waals surface area contributed by atoms with Crippen LogP contribution in [0.5, 0.6) is 0 Å². The second kappa shape index (κ2) is 11.5. The van der Waals surface area contributed by atoms with Gasteiger partial charge in [0.15, 0.2) is 0 Å². The van der Waals surface area contributed by atoms with Gasteiger partial charge in [-0.15, -0.1) is 0 Å². The largest absolute Gasteiger partial charge is 0.495 e. The van der Waals surface area contributed by atoms with Gasteiger partial charge in [0.25, 0.3) is 0 Å². The molecule has 0 spiro atoms. The average molecular weight is 676 g/mol. The molecular formula is C6H18O25P6. The third-order valence-corrected chi connectivity index (χ3v) is 12.3. The van der Waals surface area contributed by atoms with E-state index in [2.05, 4.69) is 26.1 Å². The molecule has 10 atom stereocenters. The summed E-state index contributed by atoms with van der Waals surface area (Å²) in [6.07, 6.45) is -14.1. The number of hydrogen-bond acceptors (Lipinski definition) is 18. The summed E-state index contributed by atoms with van der Waals surface area (Å²) in [5.41, 5.74) is 0.